The van der Waals surface area contributed by atoms with Crippen molar-refractivity contribution in [3.63, 3.8) is 0 Å². The molecule has 0 bridgehead atoms. The van der Waals surface area contributed by atoms with Crippen molar-refractivity contribution in [1.82, 2.24) is 10.2 Å². The van der Waals surface area contributed by atoms with E-state index in [4.69, 9.17) is 20.8 Å². The highest BCUT2D eigenvalue weighted by atomic mass is 35.5. The van der Waals surface area contributed by atoms with Crippen LogP contribution in [0.3, 0.4) is 0 Å². The van der Waals surface area contributed by atoms with Gasteiger partial charge in [0.25, 0.3) is 0 Å². The molecule has 4 rings (SSSR count). The van der Waals surface area contributed by atoms with Gasteiger partial charge in [-0.3, -0.25) is 0 Å². The summed E-state index contributed by atoms with van der Waals surface area (Å²) in [5, 5.41) is 12.2. The van der Waals surface area contributed by atoms with Crippen molar-refractivity contribution in [1.29, 1.82) is 0 Å². The molecule has 1 N–H and O–H groups in total. The third-order valence-corrected chi connectivity index (χ3v) is 4.36. The molecule has 0 amide bonds. The molecule has 6 heteroatoms. The average molecular weight is 392 g/mol. The Kier molecular flexibility index (Phi) is 5.54. The zero-order valence-corrected chi connectivity index (χ0v) is 15.8. The van der Waals surface area contributed by atoms with Gasteiger partial charge in [0.05, 0.1) is 6.54 Å². The molecular weight excluding hydrogens is 374 g/mol. The number of rotatable bonds is 7. The average Bonchev–Trinajstić information content (AvgIpc) is 3.22. The Balaban J connectivity index is 1.30. The summed E-state index contributed by atoms with van der Waals surface area (Å²) < 4.78 is 11.5. The third-order valence-electron chi connectivity index (χ3n) is 4.10. The smallest absolute Gasteiger partial charge is 0.247 e. The summed E-state index contributed by atoms with van der Waals surface area (Å²) in [7, 11) is 0. The largest absolute Gasteiger partial charge is 0.489 e. The molecule has 140 valence electrons. The molecule has 0 aliphatic rings. The van der Waals surface area contributed by atoms with Crippen LogP contribution in [0.25, 0.3) is 11.5 Å². The first kappa shape index (κ1) is 18.1. The first-order valence-electron chi connectivity index (χ1n) is 8.85. The highest BCUT2D eigenvalue weighted by Crippen LogP contribution is 2.20. The van der Waals surface area contributed by atoms with Gasteiger partial charge in [0.15, 0.2) is 0 Å². The van der Waals surface area contributed by atoms with Gasteiger partial charge in [0, 0.05) is 16.3 Å². The van der Waals surface area contributed by atoms with Gasteiger partial charge in [-0.2, -0.15) is 0 Å². The molecule has 0 aliphatic heterocycles. The Bertz CT molecular complexity index is 1020. The molecule has 4 aromatic rings. The molecule has 0 saturated heterocycles. The second-order valence-corrected chi connectivity index (χ2v) is 6.60. The lowest BCUT2D eigenvalue weighted by atomic mass is 10.2. The van der Waals surface area contributed by atoms with Crippen LogP contribution >= 0.6 is 11.6 Å². The number of halogens is 1. The minimum Gasteiger partial charge on any atom is -0.489 e. The van der Waals surface area contributed by atoms with Gasteiger partial charge in [-0.05, 0) is 54.1 Å². The van der Waals surface area contributed by atoms with Gasteiger partial charge in [-0.1, -0.05) is 41.9 Å². The second-order valence-electron chi connectivity index (χ2n) is 6.16. The van der Waals surface area contributed by atoms with Crippen molar-refractivity contribution in [2.75, 3.05) is 5.32 Å². The molecule has 0 aliphatic carbocycles. The predicted octanol–water partition coefficient (Wildman–Crippen LogP) is 5.58. The number of benzene rings is 3. The van der Waals surface area contributed by atoms with E-state index in [-0.39, 0.29) is 0 Å². The van der Waals surface area contributed by atoms with E-state index in [1.54, 1.807) is 0 Å². The lowest BCUT2D eigenvalue weighted by Crippen LogP contribution is -2.00. The third kappa shape index (κ3) is 4.69. The van der Waals surface area contributed by atoms with E-state index in [1.807, 2.05) is 78.9 Å². The van der Waals surface area contributed by atoms with Gasteiger partial charge in [0.2, 0.25) is 11.8 Å². The van der Waals surface area contributed by atoms with E-state index >= 15 is 0 Å². The number of hydrogen-bond donors (Lipinski definition) is 1. The maximum atomic E-state index is 5.89. The zero-order valence-electron chi connectivity index (χ0n) is 15.0. The number of aromatic nitrogens is 2. The minimum atomic E-state index is 0.449. The van der Waals surface area contributed by atoms with Crippen molar-refractivity contribution in [2.24, 2.45) is 0 Å². The molecule has 1 heterocycles. The molecule has 0 atom stereocenters. The fourth-order valence-electron chi connectivity index (χ4n) is 2.62. The quantitative estimate of drug-likeness (QED) is 0.445. The molecular formula is C22H18ClN3O2. The van der Waals surface area contributed by atoms with Crippen LogP contribution in [-0.4, -0.2) is 10.2 Å². The topological polar surface area (TPSA) is 60.2 Å². The summed E-state index contributed by atoms with van der Waals surface area (Å²) in [5.74, 6) is 1.84. The normalized spacial score (nSPS) is 10.6. The highest BCUT2D eigenvalue weighted by Gasteiger charge is 2.07. The van der Waals surface area contributed by atoms with E-state index in [1.165, 1.54) is 0 Å². The Morgan fingerprint density at radius 3 is 2.36 bits per heavy atom. The first-order valence-corrected chi connectivity index (χ1v) is 9.23. The number of nitrogens with zero attached hydrogens (tertiary/aromatic N) is 2. The Labute approximate surface area is 168 Å². The van der Waals surface area contributed by atoms with Gasteiger partial charge in [0.1, 0.15) is 12.4 Å². The summed E-state index contributed by atoms with van der Waals surface area (Å²) in [4.78, 5) is 0. The van der Waals surface area contributed by atoms with Crippen LogP contribution < -0.4 is 10.1 Å². The summed E-state index contributed by atoms with van der Waals surface area (Å²) in [6, 6.07) is 25.1. The lowest BCUT2D eigenvalue weighted by Gasteiger charge is -2.08. The fraction of sp³-hybridized carbons (Fsp3) is 0.0909. The number of ether oxygens (including phenoxy) is 1. The van der Waals surface area contributed by atoms with Crippen LogP contribution in [0.1, 0.15) is 11.5 Å². The van der Waals surface area contributed by atoms with Gasteiger partial charge < -0.3 is 14.5 Å². The Hall–Kier alpha value is -3.31. The maximum Gasteiger partial charge on any atom is 0.247 e. The van der Waals surface area contributed by atoms with Crippen LogP contribution in [0, 0.1) is 0 Å². The maximum absolute atomic E-state index is 5.89. The molecule has 0 saturated carbocycles. The molecule has 0 unspecified atom stereocenters. The molecule has 0 spiro atoms. The summed E-state index contributed by atoms with van der Waals surface area (Å²) in [6.45, 7) is 0.943. The first-order chi connectivity index (χ1) is 13.8. The van der Waals surface area contributed by atoms with Gasteiger partial charge >= 0.3 is 0 Å². The van der Waals surface area contributed by atoms with E-state index in [0.717, 1.165) is 27.6 Å². The van der Waals surface area contributed by atoms with Crippen molar-refractivity contribution in [3.8, 4) is 17.2 Å². The van der Waals surface area contributed by atoms with Gasteiger partial charge in [-0.15, -0.1) is 10.2 Å². The van der Waals surface area contributed by atoms with Crippen molar-refractivity contribution in [3.05, 3.63) is 95.3 Å². The van der Waals surface area contributed by atoms with E-state index < -0.39 is 0 Å². The lowest BCUT2D eigenvalue weighted by molar-refractivity contribution is 0.306. The number of anilines is 1. The fourth-order valence-corrected chi connectivity index (χ4v) is 2.74. The van der Waals surface area contributed by atoms with Crippen LogP contribution in [0.5, 0.6) is 5.75 Å². The van der Waals surface area contributed by atoms with Crippen LogP contribution in [0.15, 0.2) is 83.3 Å². The predicted molar refractivity (Wildman–Crippen MR) is 109 cm³/mol. The van der Waals surface area contributed by atoms with E-state index in [0.29, 0.717) is 24.9 Å². The second kappa shape index (κ2) is 8.59. The van der Waals surface area contributed by atoms with Crippen LogP contribution in [0.2, 0.25) is 5.02 Å². The molecule has 5 nitrogen and oxygen atoms in total. The standard InChI is InChI=1S/C22H18ClN3O2/c23-18-8-6-16(7-9-18)15-27-20-12-10-19(11-13-20)24-14-21-25-26-22(28-21)17-4-2-1-3-5-17/h1-13,24H,14-15H2. The van der Waals surface area contributed by atoms with E-state index in [9.17, 15) is 0 Å². The van der Waals surface area contributed by atoms with Crippen LogP contribution in [0.4, 0.5) is 5.69 Å². The summed E-state index contributed by atoms with van der Waals surface area (Å²) >= 11 is 5.89. The van der Waals surface area contributed by atoms with Crippen molar-refractivity contribution < 1.29 is 9.15 Å². The Morgan fingerprint density at radius 1 is 0.857 bits per heavy atom. The Morgan fingerprint density at radius 2 is 1.61 bits per heavy atom. The summed E-state index contributed by atoms with van der Waals surface area (Å²) in [6.07, 6.45) is 0. The van der Waals surface area contributed by atoms with Crippen LogP contribution in [-0.2, 0) is 13.2 Å². The molecule has 28 heavy (non-hydrogen) atoms. The molecule has 1 aromatic heterocycles. The number of nitrogens with one attached hydrogen (secondary N) is 1. The van der Waals surface area contributed by atoms with Gasteiger partial charge in [-0.25, -0.2) is 0 Å². The van der Waals surface area contributed by atoms with Crippen molar-refractivity contribution >= 4 is 17.3 Å². The monoisotopic (exact) mass is 391 g/mol. The zero-order chi connectivity index (χ0) is 19.2. The SMILES string of the molecule is Clc1ccc(COc2ccc(NCc3nnc(-c4ccccc4)o3)cc2)cc1. The van der Waals surface area contributed by atoms with Crippen molar-refractivity contribution in [2.45, 2.75) is 13.2 Å². The highest BCUT2D eigenvalue weighted by molar-refractivity contribution is 6.30. The minimum absolute atomic E-state index is 0.449. The molecule has 3 aromatic carbocycles. The summed E-state index contributed by atoms with van der Waals surface area (Å²) in [5.41, 5.74) is 2.92. The molecule has 0 fully saturated rings. The van der Waals surface area contributed by atoms with E-state index in [2.05, 4.69) is 15.5 Å². The number of hydrogen-bond acceptors (Lipinski definition) is 5. The molecule has 0 radical (unpaired) electrons.